The van der Waals surface area contributed by atoms with Crippen molar-refractivity contribution >= 4 is 22.1 Å². The highest BCUT2D eigenvalue weighted by molar-refractivity contribution is 7.89. The maximum Gasteiger partial charge on any atom is 0.271 e. The largest absolute Gasteiger partial charge is 0.271 e. The maximum atomic E-state index is 12.8. The molecule has 2 aromatic rings. The molecule has 0 bridgehead atoms. The first-order valence-corrected chi connectivity index (χ1v) is 11.7. The van der Waals surface area contributed by atoms with Gasteiger partial charge in [-0.3, -0.25) is 4.79 Å². The Kier molecular flexibility index (Phi) is 6.73. The molecule has 1 saturated heterocycles. The fraction of sp³-hybridized carbons (Fsp3) is 0.391. The van der Waals surface area contributed by atoms with E-state index in [0.29, 0.717) is 13.1 Å². The number of hydrogen-bond acceptors (Lipinski definition) is 4. The maximum absolute atomic E-state index is 12.8. The highest BCUT2D eigenvalue weighted by Crippen LogP contribution is 2.22. The molecule has 1 aliphatic heterocycles. The molecule has 2 aromatic carbocycles. The predicted octanol–water partition coefficient (Wildman–Crippen LogP) is 3.92. The molecule has 1 fully saturated rings. The monoisotopic (exact) mass is 427 g/mol. The average molecular weight is 428 g/mol. The molecule has 0 radical (unpaired) electrons. The van der Waals surface area contributed by atoms with E-state index >= 15 is 0 Å². The third-order valence-corrected chi connectivity index (χ3v) is 7.10. The molecule has 0 saturated carbocycles. The highest BCUT2D eigenvalue weighted by Gasteiger charge is 2.26. The van der Waals surface area contributed by atoms with E-state index in [-0.39, 0.29) is 15.9 Å². The van der Waals surface area contributed by atoms with Crippen molar-refractivity contribution in [1.29, 1.82) is 0 Å². The second kappa shape index (κ2) is 9.10. The molecule has 7 heteroatoms. The van der Waals surface area contributed by atoms with Gasteiger partial charge in [-0.25, -0.2) is 13.8 Å². The number of piperidine rings is 1. The van der Waals surface area contributed by atoms with Gasteiger partial charge in [0.1, 0.15) is 0 Å². The second-order valence-corrected chi connectivity index (χ2v) is 10.5. The molecular formula is C23H29N3O3S. The summed E-state index contributed by atoms with van der Waals surface area (Å²) in [4.78, 5) is 12.6. The molecule has 0 aliphatic carbocycles. The molecule has 0 unspecified atom stereocenters. The van der Waals surface area contributed by atoms with Crippen LogP contribution in [0.2, 0.25) is 0 Å². The van der Waals surface area contributed by atoms with E-state index in [4.69, 9.17) is 0 Å². The lowest BCUT2D eigenvalue weighted by Crippen LogP contribution is -2.35. The summed E-state index contributed by atoms with van der Waals surface area (Å²) < 4.78 is 27.1. The molecule has 0 aromatic heterocycles. The van der Waals surface area contributed by atoms with Gasteiger partial charge < -0.3 is 0 Å². The number of amides is 1. The van der Waals surface area contributed by atoms with Gasteiger partial charge in [0.2, 0.25) is 10.0 Å². The van der Waals surface area contributed by atoms with Gasteiger partial charge in [-0.05, 0) is 47.6 Å². The van der Waals surface area contributed by atoms with Gasteiger partial charge in [-0.15, -0.1) is 0 Å². The zero-order valence-corrected chi connectivity index (χ0v) is 18.6. The van der Waals surface area contributed by atoms with Crippen LogP contribution in [0, 0.1) is 0 Å². The topological polar surface area (TPSA) is 78.8 Å². The number of rotatable bonds is 5. The molecule has 1 heterocycles. The number of hydrazone groups is 1. The van der Waals surface area contributed by atoms with E-state index in [0.717, 1.165) is 24.8 Å². The second-order valence-electron chi connectivity index (χ2n) is 8.56. The third-order valence-electron chi connectivity index (χ3n) is 5.21. The lowest BCUT2D eigenvalue weighted by atomic mass is 9.87. The Morgan fingerprint density at radius 3 is 2.33 bits per heavy atom. The Balaban J connectivity index is 1.67. The van der Waals surface area contributed by atoms with Crippen LogP contribution in [-0.2, 0) is 15.4 Å². The van der Waals surface area contributed by atoms with Crippen molar-refractivity contribution in [2.75, 3.05) is 13.1 Å². The van der Waals surface area contributed by atoms with E-state index < -0.39 is 15.9 Å². The van der Waals surface area contributed by atoms with Crippen LogP contribution in [0.3, 0.4) is 0 Å². The quantitative estimate of drug-likeness (QED) is 0.580. The fourth-order valence-corrected chi connectivity index (χ4v) is 4.91. The number of nitrogens with one attached hydrogen (secondary N) is 1. The third kappa shape index (κ3) is 5.34. The number of sulfonamides is 1. The summed E-state index contributed by atoms with van der Waals surface area (Å²) in [6, 6.07) is 14.1. The molecule has 1 aliphatic rings. The minimum Gasteiger partial charge on any atom is -0.267 e. The number of benzene rings is 2. The van der Waals surface area contributed by atoms with Crippen molar-refractivity contribution in [3.8, 4) is 0 Å². The molecule has 160 valence electrons. The van der Waals surface area contributed by atoms with Crippen LogP contribution >= 0.6 is 0 Å². The first-order chi connectivity index (χ1) is 14.2. The lowest BCUT2D eigenvalue weighted by molar-refractivity contribution is 0.0955. The minimum atomic E-state index is -3.58. The summed E-state index contributed by atoms with van der Waals surface area (Å²) in [6.45, 7) is 7.50. The summed E-state index contributed by atoms with van der Waals surface area (Å²) in [6.07, 6.45) is 4.35. The standard InChI is InChI=1S/C23H29N3O3S/c1-23(2,3)20-12-10-18(11-13-20)17-24-25-22(27)19-8-7-9-21(16-19)30(28,29)26-14-5-4-6-15-26/h7-13,16-17H,4-6,14-15H2,1-3H3,(H,25,27). The zero-order chi connectivity index (χ0) is 21.8. The van der Waals surface area contributed by atoms with Gasteiger partial charge >= 0.3 is 0 Å². The lowest BCUT2D eigenvalue weighted by Gasteiger charge is -2.25. The van der Waals surface area contributed by atoms with Gasteiger partial charge in [0.25, 0.3) is 5.91 Å². The van der Waals surface area contributed by atoms with Gasteiger partial charge in [0, 0.05) is 18.7 Å². The summed E-state index contributed by atoms with van der Waals surface area (Å²) in [5, 5.41) is 4.01. The summed E-state index contributed by atoms with van der Waals surface area (Å²) >= 11 is 0. The van der Waals surface area contributed by atoms with Gasteiger partial charge in [-0.2, -0.15) is 9.41 Å². The van der Waals surface area contributed by atoms with Gasteiger partial charge in [-0.1, -0.05) is 57.5 Å². The molecule has 1 amide bonds. The van der Waals surface area contributed by atoms with Crippen LogP contribution in [0.4, 0.5) is 0 Å². The Labute approximate surface area is 179 Å². The number of hydrogen-bond donors (Lipinski definition) is 1. The Hall–Kier alpha value is -2.51. The van der Waals surface area contributed by atoms with E-state index in [1.54, 1.807) is 18.3 Å². The van der Waals surface area contributed by atoms with Crippen LogP contribution in [-0.4, -0.2) is 37.9 Å². The van der Waals surface area contributed by atoms with E-state index in [2.05, 4.69) is 31.3 Å². The Morgan fingerprint density at radius 2 is 1.70 bits per heavy atom. The van der Waals surface area contributed by atoms with E-state index in [1.165, 1.54) is 22.0 Å². The van der Waals surface area contributed by atoms with Gasteiger partial charge in [0.15, 0.2) is 0 Å². The summed E-state index contributed by atoms with van der Waals surface area (Å²) in [5.74, 6) is -0.451. The minimum absolute atomic E-state index is 0.0729. The molecule has 30 heavy (non-hydrogen) atoms. The molecule has 0 atom stereocenters. The molecule has 0 spiro atoms. The van der Waals surface area contributed by atoms with Crippen LogP contribution in [0.1, 0.15) is 61.5 Å². The zero-order valence-electron chi connectivity index (χ0n) is 17.8. The average Bonchev–Trinajstić information content (AvgIpc) is 2.74. The van der Waals surface area contributed by atoms with Crippen LogP contribution < -0.4 is 5.43 Å². The summed E-state index contributed by atoms with van der Waals surface area (Å²) in [7, 11) is -3.58. The van der Waals surface area contributed by atoms with Crippen LogP contribution in [0.5, 0.6) is 0 Å². The van der Waals surface area contributed by atoms with Crippen molar-refractivity contribution in [3.05, 3.63) is 65.2 Å². The van der Waals surface area contributed by atoms with Crippen molar-refractivity contribution in [2.24, 2.45) is 5.10 Å². The normalized spacial score (nSPS) is 16.0. The highest BCUT2D eigenvalue weighted by atomic mass is 32.2. The van der Waals surface area contributed by atoms with Crippen molar-refractivity contribution < 1.29 is 13.2 Å². The van der Waals surface area contributed by atoms with Crippen molar-refractivity contribution in [1.82, 2.24) is 9.73 Å². The smallest absolute Gasteiger partial charge is 0.267 e. The molecule has 6 nitrogen and oxygen atoms in total. The molecule has 1 N–H and O–H groups in total. The van der Waals surface area contributed by atoms with Crippen LogP contribution in [0.15, 0.2) is 58.5 Å². The fourth-order valence-electron chi connectivity index (χ4n) is 3.35. The Bertz CT molecular complexity index is 1020. The number of carbonyl (C=O) groups excluding carboxylic acids is 1. The first-order valence-electron chi connectivity index (χ1n) is 10.2. The van der Waals surface area contributed by atoms with Crippen molar-refractivity contribution in [3.63, 3.8) is 0 Å². The number of carbonyl (C=O) groups is 1. The van der Waals surface area contributed by atoms with E-state index in [1.807, 2.05) is 24.3 Å². The van der Waals surface area contributed by atoms with Crippen molar-refractivity contribution in [2.45, 2.75) is 50.3 Å². The van der Waals surface area contributed by atoms with E-state index in [9.17, 15) is 13.2 Å². The molecule has 3 rings (SSSR count). The predicted molar refractivity (Wildman–Crippen MR) is 119 cm³/mol. The Morgan fingerprint density at radius 1 is 1.03 bits per heavy atom. The van der Waals surface area contributed by atoms with Gasteiger partial charge in [0.05, 0.1) is 11.1 Å². The molecular weight excluding hydrogens is 398 g/mol. The van der Waals surface area contributed by atoms with Crippen LogP contribution in [0.25, 0.3) is 0 Å². The summed E-state index contributed by atoms with van der Waals surface area (Å²) in [5.41, 5.74) is 4.89. The first kappa shape index (κ1) is 22.2. The SMILES string of the molecule is CC(C)(C)c1ccc(C=NNC(=O)c2cccc(S(=O)(=O)N3CCCCC3)c2)cc1. The number of nitrogens with zero attached hydrogens (tertiary/aromatic N) is 2.